The van der Waals surface area contributed by atoms with E-state index in [1.165, 1.54) is 6.08 Å². The number of aromatic nitrogens is 1. The molecule has 6 nitrogen and oxygen atoms in total. The fourth-order valence-corrected chi connectivity index (χ4v) is 2.37. The molecule has 20 heavy (non-hydrogen) atoms. The minimum atomic E-state index is -0.926. The van der Waals surface area contributed by atoms with Crippen molar-refractivity contribution in [2.45, 2.75) is 12.8 Å². The second-order valence-corrected chi connectivity index (χ2v) is 4.52. The number of carboxylic acid groups (broad SMARTS) is 1. The Kier molecular flexibility index (Phi) is 3.56. The minimum Gasteiger partial charge on any atom is -0.481 e. The zero-order chi connectivity index (χ0) is 14.9. The number of rotatable bonds is 5. The van der Waals surface area contributed by atoms with Crippen LogP contribution in [0.2, 0.25) is 0 Å². The highest BCUT2D eigenvalue weighted by atomic mass is 16.6. The van der Waals surface area contributed by atoms with Crippen LogP contribution in [0.15, 0.2) is 24.9 Å². The molecule has 1 heterocycles. The van der Waals surface area contributed by atoms with Crippen LogP contribution in [0.25, 0.3) is 17.0 Å². The topological polar surface area (TPSA) is 85.4 Å². The van der Waals surface area contributed by atoms with Gasteiger partial charge in [-0.2, -0.15) is 0 Å². The predicted octanol–water partition coefficient (Wildman–Crippen LogP) is 2.75. The summed E-state index contributed by atoms with van der Waals surface area (Å²) in [7, 11) is 1.78. The van der Waals surface area contributed by atoms with Crippen LogP contribution < -0.4 is 0 Å². The molecule has 0 amide bonds. The molecule has 1 N–H and O–H groups in total. The van der Waals surface area contributed by atoms with Crippen LogP contribution in [0.1, 0.15) is 17.5 Å². The van der Waals surface area contributed by atoms with Gasteiger partial charge in [-0.1, -0.05) is 12.7 Å². The van der Waals surface area contributed by atoms with Gasteiger partial charge in [0.25, 0.3) is 5.69 Å². The molecule has 2 aromatic rings. The van der Waals surface area contributed by atoms with Crippen molar-refractivity contribution < 1.29 is 14.8 Å². The molecule has 2 rings (SSSR count). The van der Waals surface area contributed by atoms with E-state index in [9.17, 15) is 14.9 Å². The second kappa shape index (κ2) is 5.16. The van der Waals surface area contributed by atoms with Gasteiger partial charge >= 0.3 is 5.97 Å². The number of nitro benzene ring substituents is 1. The normalized spacial score (nSPS) is 10.7. The molecule has 1 aromatic carbocycles. The maximum absolute atomic E-state index is 11.3. The monoisotopic (exact) mass is 274 g/mol. The molecular weight excluding hydrogens is 260 g/mol. The first-order chi connectivity index (χ1) is 9.45. The first-order valence-corrected chi connectivity index (χ1v) is 6.05. The highest BCUT2D eigenvalue weighted by Gasteiger charge is 2.22. The number of hydrogen-bond acceptors (Lipinski definition) is 3. The van der Waals surface area contributed by atoms with Gasteiger partial charge in [0.05, 0.1) is 21.4 Å². The van der Waals surface area contributed by atoms with Gasteiger partial charge in [0, 0.05) is 19.7 Å². The van der Waals surface area contributed by atoms with Crippen LogP contribution in [0.5, 0.6) is 0 Å². The van der Waals surface area contributed by atoms with E-state index in [1.807, 2.05) is 0 Å². The average Bonchev–Trinajstić information content (AvgIpc) is 2.72. The molecule has 0 aliphatic carbocycles. The van der Waals surface area contributed by atoms with Crippen molar-refractivity contribution in [2.75, 3.05) is 0 Å². The highest BCUT2D eigenvalue weighted by molar-refractivity contribution is 5.96. The van der Waals surface area contributed by atoms with Gasteiger partial charge in [-0.3, -0.25) is 14.9 Å². The Balaban J connectivity index is 2.72. The maximum atomic E-state index is 11.3. The summed E-state index contributed by atoms with van der Waals surface area (Å²) >= 11 is 0. The number of aliphatic carboxylic acids is 1. The van der Waals surface area contributed by atoms with Crippen LogP contribution in [0.3, 0.4) is 0 Å². The first kappa shape index (κ1) is 13.8. The highest BCUT2D eigenvalue weighted by Crippen LogP contribution is 2.34. The molecule has 0 saturated carbocycles. The molecule has 104 valence electrons. The Hall–Kier alpha value is -2.63. The molecule has 0 spiro atoms. The van der Waals surface area contributed by atoms with Gasteiger partial charge in [-0.05, 0) is 24.1 Å². The molecule has 0 saturated heterocycles. The average molecular weight is 274 g/mol. The summed E-state index contributed by atoms with van der Waals surface area (Å²) in [4.78, 5) is 21.6. The quantitative estimate of drug-likeness (QED) is 0.671. The van der Waals surface area contributed by atoms with Crippen LogP contribution >= 0.6 is 0 Å². The van der Waals surface area contributed by atoms with E-state index < -0.39 is 10.9 Å². The zero-order valence-corrected chi connectivity index (χ0v) is 11.0. The molecule has 0 fully saturated rings. The summed E-state index contributed by atoms with van der Waals surface area (Å²) in [6.07, 6.45) is 3.38. The Labute approximate surface area is 115 Å². The van der Waals surface area contributed by atoms with Gasteiger partial charge in [0.1, 0.15) is 0 Å². The summed E-state index contributed by atoms with van der Waals surface area (Å²) in [5.41, 5.74) is 1.80. The third-order valence-corrected chi connectivity index (χ3v) is 3.25. The maximum Gasteiger partial charge on any atom is 0.303 e. The Bertz CT molecular complexity index is 716. The summed E-state index contributed by atoms with van der Waals surface area (Å²) in [6, 6.07) is 3.43. The smallest absolute Gasteiger partial charge is 0.303 e. The Morgan fingerprint density at radius 1 is 1.55 bits per heavy atom. The third kappa shape index (κ3) is 2.27. The van der Waals surface area contributed by atoms with Gasteiger partial charge in [0.15, 0.2) is 0 Å². The predicted molar refractivity (Wildman–Crippen MR) is 75.6 cm³/mol. The lowest BCUT2D eigenvalue weighted by Crippen LogP contribution is -1.98. The molecule has 6 heteroatoms. The molecule has 0 aliphatic heterocycles. The van der Waals surface area contributed by atoms with Crippen molar-refractivity contribution in [3.05, 3.63) is 46.1 Å². The van der Waals surface area contributed by atoms with Crippen LogP contribution in [0, 0.1) is 10.1 Å². The minimum absolute atomic E-state index is 0.0153. The Morgan fingerprint density at radius 3 is 2.80 bits per heavy atom. The van der Waals surface area contributed by atoms with Crippen molar-refractivity contribution in [3.8, 4) is 0 Å². The van der Waals surface area contributed by atoms with E-state index in [2.05, 4.69) is 6.58 Å². The van der Waals surface area contributed by atoms with E-state index in [-0.39, 0.29) is 18.5 Å². The zero-order valence-electron chi connectivity index (χ0n) is 11.0. The number of fused-ring (bicyclic) bond motifs is 1. The molecule has 0 unspecified atom stereocenters. The lowest BCUT2D eigenvalue weighted by molar-refractivity contribution is -0.383. The van der Waals surface area contributed by atoms with Gasteiger partial charge < -0.3 is 9.67 Å². The number of nitrogens with zero attached hydrogens (tertiary/aromatic N) is 2. The Morgan fingerprint density at radius 2 is 2.25 bits per heavy atom. The lowest BCUT2D eigenvalue weighted by atomic mass is 10.0. The molecule has 0 atom stereocenters. The fraction of sp³-hybridized carbons (Fsp3) is 0.214. The van der Waals surface area contributed by atoms with Gasteiger partial charge in [-0.25, -0.2) is 0 Å². The van der Waals surface area contributed by atoms with E-state index in [0.29, 0.717) is 22.0 Å². The molecular formula is C14H14N2O4. The molecule has 0 bridgehead atoms. The van der Waals surface area contributed by atoms with E-state index in [0.717, 1.165) is 0 Å². The first-order valence-electron chi connectivity index (χ1n) is 6.05. The standard InChI is InChI=1S/C14H14N2O4/c1-3-9-4-6-11-13(14(9)16(19)20)10(8-15(11)2)5-7-12(17)18/h3-4,6,8H,1,5,7H2,2H3,(H,17,18). The van der Waals surface area contributed by atoms with E-state index >= 15 is 0 Å². The third-order valence-electron chi connectivity index (χ3n) is 3.25. The number of nitro groups is 1. The largest absolute Gasteiger partial charge is 0.481 e. The van der Waals surface area contributed by atoms with Crippen molar-refractivity contribution in [1.29, 1.82) is 0 Å². The summed E-state index contributed by atoms with van der Waals surface area (Å²) in [6.45, 7) is 3.59. The van der Waals surface area contributed by atoms with Crippen LogP contribution in [-0.2, 0) is 18.3 Å². The summed E-state index contributed by atoms with van der Waals surface area (Å²) in [5.74, 6) is -0.926. The number of aryl methyl sites for hydroxylation is 2. The SMILES string of the molecule is C=Cc1ccc2c(c(CCC(=O)O)cn2C)c1[N+](=O)[O-]. The number of benzene rings is 1. The van der Waals surface area contributed by atoms with Crippen molar-refractivity contribution in [3.63, 3.8) is 0 Å². The lowest BCUT2D eigenvalue weighted by Gasteiger charge is -2.02. The summed E-state index contributed by atoms with van der Waals surface area (Å²) < 4.78 is 1.77. The second-order valence-electron chi connectivity index (χ2n) is 4.52. The van der Waals surface area contributed by atoms with Crippen LogP contribution in [0.4, 0.5) is 5.69 Å². The molecule has 0 radical (unpaired) electrons. The van der Waals surface area contributed by atoms with E-state index in [4.69, 9.17) is 5.11 Å². The molecule has 0 aliphatic rings. The number of hydrogen-bond donors (Lipinski definition) is 1. The van der Waals surface area contributed by atoms with Gasteiger partial charge in [-0.15, -0.1) is 0 Å². The van der Waals surface area contributed by atoms with Crippen LogP contribution in [-0.4, -0.2) is 20.6 Å². The van der Waals surface area contributed by atoms with E-state index in [1.54, 1.807) is 29.9 Å². The number of carbonyl (C=O) groups is 1. The summed E-state index contributed by atoms with van der Waals surface area (Å²) in [5, 5.41) is 20.6. The fourth-order valence-electron chi connectivity index (χ4n) is 2.37. The van der Waals surface area contributed by atoms with Crippen molar-refractivity contribution in [1.82, 2.24) is 4.57 Å². The van der Waals surface area contributed by atoms with Crippen molar-refractivity contribution >= 4 is 28.6 Å². The van der Waals surface area contributed by atoms with Crippen molar-refractivity contribution in [2.24, 2.45) is 7.05 Å². The van der Waals surface area contributed by atoms with Gasteiger partial charge in [0.2, 0.25) is 0 Å². The number of carboxylic acids is 1. The molecule has 1 aromatic heterocycles.